The zero-order valence-electron chi connectivity index (χ0n) is 12.2. The van der Waals surface area contributed by atoms with E-state index in [1.807, 2.05) is 0 Å². The lowest BCUT2D eigenvalue weighted by Gasteiger charge is -2.02. The largest absolute Gasteiger partial charge is 0.352 e. The Morgan fingerprint density at radius 1 is 1.22 bits per heavy atom. The highest BCUT2D eigenvalue weighted by atomic mass is 19.1. The molecule has 6 heteroatoms. The maximum absolute atomic E-state index is 12.8. The molecule has 0 radical (unpaired) electrons. The highest BCUT2D eigenvalue weighted by Crippen LogP contribution is 2.13. The van der Waals surface area contributed by atoms with Crippen LogP contribution in [0.5, 0.6) is 0 Å². The Hall–Kier alpha value is -3.02. The first-order valence-corrected chi connectivity index (χ1v) is 6.99. The summed E-state index contributed by atoms with van der Waals surface area (Å²) in [7, 11) is 0. The number of nitro groups is 1. The fourth-order valence-electron chi connectivity index (χ4n) is 1.95. The molecule has 2 rings (SSSR count). The van der Waals surface area contributed by atoms with Crippen LogP contribution in [0.1, 0.15) is 11.1 Å². The predicted octanol–water partition coefficient (Wildman–Crippen LogP) is 3.11. The third kappa shape index (κ3) is 5.35. The van der Waals surface area contributed by atoms with Crippen molar-refractivity contribution >= 4 is 17.7 Å². The van der Waals surface area contributed by atoms with E-state index >= 15 is 0 Å². The lowest BCUT2D eigenvalue weighted by Crippen LogP contribution is -2.23. The molecule has 0 spiro atoms. The minimum Gasteiger partial charge on any atom is -0.352 e. The van der Waals surface area contributed by atoms with E-state index in [-0.39, 0.29) is 17.4 Å². The number of benzene rings is 2. The number of amides is 1. The minimum absolute atomic E-state index is 0.0242. The lowest BCUT2D eigenvalue weighted by molar-refractivity contribution is -0.384. The van der Waals surface area contributed by atoms with Crippen LogP contribution >= 0.6 is 0 Å². The first-order chi connectivity index (χ1) is 11.0. The van der Waals surface area contributed by atoms with Gasteiger partial charge in [0, 0.05) is 24.8 Å². The molecule has 1 N–H and O–H groups in total. The van der Waals surface area contributed by atoms with Gasteiger partial charge in [-0.15, -0.1) is 0 Å². The van der Waals surface area contributed by atoms with Gasteiger partial charge in [-0.25, -0.2) is 4.39 Å². The minimum atomic E-state index is -0.486. The molecular weight excluding hydrogens is 299 g/mol. The van der Waals surface area contributed by atoms with E-state index in [4.69, 9.17) is 0 Å². The highest BCUT2D eigenvalue weighted by Gasteiger charge is 2.04. The van der Waals surface area contributed by atoms with Crippen LogP contribution in [-0.2, 0) is 11.2 Å². The molecule has 0 bridgehead atoms. The van der Waals surface area contributed by atoms with Crippen LogP contribution < -0.4 is 5.32 Å². The molecule has 118 valence electrons. The van der Waals surface area contributed by atoms with E-state index in [9.17, 15) is 19.3 Å². The molecule has 0 aliphatic carbocycles. The van der Waals surface area contributed by atoms with Crippen molar-refractivity contribution in [1.82, 2.24) is 5.32 Å². The lowest BCUT2D eigenvalue weighted by atomic mass is 10.1. The summed E-state index contributed by atoms with van der Waals surface area (Å²) < 4.78 is 12.8. The number of non-ortho nitro benzene ring substituents is 1. The van der Waals surface area contributed by atoms with Gasteiger partial charge in [0.25, 0.3) is 5.69 Å². The van der Waals surface area contributed by atoms with Gasteiger partial charge in [-0.3, -0.25) is 14.9 Å². The molecule has 0 aromatic heterocycles. The quantitative estimate of drug-likeness (QED) is 0.506. The van der Waals surface area contributed by atoms with E-state index < -0.39 is 4.92 Å². The highest BCUT2D eigenvalue weighted by molar-refractivity contribution is 5.91. The van der Waals surface area contributed by atoms with Gasteiger partial charge in [-0.1, -0.05) is 24.3 Å². The van der Waals surface area contributed by atoms with Gasteiger partial charge >= 0.3 is 0 Å². The van der Waals surface area contributed by atoms with Crippen molar-refractivity contribution in [3.8, 4) is 0 Å². The first-order valence-electron chi connectivity index (χ1n) is 6.99. The van der Waals surface area contributed by atoms with Crippen LogP contribution in [0.15, 0.2) is 54.6 Å². The Bertz CT molecular complexity index is 727. The summed E-state index contributed by atoms with van der Waals surface area (Å²) in [4.78, 5) is 21.9. The van der Waals surface area contributed by atoms with Crippen molar-refractivity contribution in [2.75, 3.05) is 6.54 Å². The summed E-state index contributed by atoms with van der Waals surface area (Å²) >= 11 is 0. The van der Waals surface area contributed by atoms with Crippen LogP contribution in [0.2, 0.25) is 0 Å². The average molecular weight is 314 g/mol. The molecule has 0 saturated carbocycles. The summed E-state index contributed by atoms with van der Waals surface area (Å²) in [5.74, 6) is -0.587. The normalized spacial score (nSPS) is 10.7. The van der Waals surface area contributed by atoms with Gasteiger partial charge in [0.2, 0.25) is 5.91 Å². The molecule has 0 atom stereocenters. The summed E-state index contributed by atoms with van der Waals surface area (Å²) in [5, 5.41) is 13.4. The zero-order chi connectivity index (χ0) is 16.7. The molecule has 2 aromatic carbocycles. The number of hydrogen-bond acceptors (Lipinski definition) is 3. The average Bonchev–Trinajstić information content (AvgIpc) is 2.55. The SMILES string of the molecule is O=C(/C=C\c1cccc([N+](=O)[O-])c1)NCCc1ccc(F)cc1. The van der Waals surface area contributed by atoms with E-state index in [2.05, 4.69) is 5.32 Å². The Kier molecular flexibility index (Phi) is 5.57. The maximum Gasteiger partial charge on any atom is 0.270 e. The fraction of sp³-hybridized carbons (Fsp3) is 0.118. The Morgan fingerprint density at radius 2 is 1.96 bits per heavy atom. The van der Waals surface area contributed by atoms with Crippen molar-refractivity contribution < 1.29 is 14.1 Å². The van der Waals surface area contributed by atoms with Gasteiger partial charge in [0.05, 0.1) is 4.92 Å². The number of hydrogen-bond donors (Lipinski definition) is 1. The standard InChI is InChI=1S/C17H15FN2O3/c18-15-7-4-13(5-8-15)10-11-19-17(21)9-6-14-2-1-3-16(12-14)20(22)23/h1-9,12H,10-11H2,(H,19,21)/b9-6-. The molecule has 2 aromatic rings. The first kappa shape index (κ1) is 16.4. The van der Waals surface area contributed by atoms with Gasteiger partial charge in [-0.2, -0.15) is 0 Å². The second-order valence-electron chi connectivity index (χ2n) is 4.85. The third-order valence-corrected chi connectivity index (χ3v) is 3.13. The van der Waals surface area contributed by atoms with Gasteiger partial charge in [0.1, 0.15) is 5.82 Å². The summed E-state index contributed by atoms with van der Waals surface area (Å²) in [5.41, 5.74) is 1.48. The van der Waals surface area contributed by atoms with Crippen LogP contribution in [0, 0.1) is 15.9 Å². The second-order valence-corrected chi connectivity index (χ2v) is 4.85. The van der Waals surface area contributed by atoms with Gasteiger partial charge < -0.3 is 5.32 Å². The maximum atomic E-state index is 12.8. The molecule has 0 saturated heterocycles. The molecule has 1 amide bonds. The third-order valence-electron chi connectivity index (χ3n) is 3.13. The number of nitro benzene ring substituents is 1. The van der Waals surface area contributed by atoms with Crippen molar-refractivity contribution in [3.05, 3.63) is 81.7 Å². The number of halogens is 1. The molecule has 0 unspecified atom stereocenters. The molecule has 0 heterocycles. The zero-order valence-corrected chi connectivity index (χ0v) is 12.2. The number of rotatable bonds is 6. The topological polar surface area (TPSA) is 72.2 Å². The summed E-state index contributed by atoms with van der Waals surface area (Å²) in [6.45, 7) is 0.420. The van der Waals surface area contributed by atoms with E-state index in [1.54, 1.807) is 24.3 Å². The second kappa shape index (κ2) is 7.84. The molecule has 0 fully saturated rings. The van der Waals surface area contributed by atoms with E-state index in [1.165, 1.54) is 36.4 Å². The van der Waals surface area contributed by atoms with Gasteiger partial charge in [0.15, 0.2) is 0 Å². The number of carbonyl (C=O) groups is 1. The molecule has 0 aliphatic rings. The molecule has 0 aliphatic heterocycles. The molecule has 23 heavy (non-hydrogen) atoms. The van der Waals surface area contributed by atoms with Crippen LogP contribution in [-0.4, -0.2) is 17.4 Å². The number of nitrogens with zero attached hydrogens (tertiary/aromatic N) is 1. The summed E-state index contributed by atoms with van der Waals surface area (Å²) in [6.07, 6.45) is 3.43. The van der Waals surface area contributed by atoms with Crippen LogP contribution in [0.3, 0.4) is 0 Å². The van der Waals surface area contributed by atoms with E-state index in [0.717, 1.165) is 5.56 Å². The van der Waals surface area contributed by atoms with Crippen molar-refractivity contribution in [1.29, 1.82) is 0 Å². The fourth-order valence-corrected chi connectivity index (χ4v) is 1.95. The Morgan fingerprint density at radius 3 is 2.65 bits per heavy atom. The van der Waals surface area contributed by atoms with Crippen LogP contribution in [0.25, 0.3) is 6.08 Å². The van der Waals surface area contributed by atoms with Crippen molar-refractivity contribution in [3.63, 3.8) is 0 Å². The monoisotopic (exact) mass is 314 g/mol. The van der Waals surface area contributed by atoms with Crippen molar-refractivity contribution in [2.45, 2.75) is 6.42 Å². The van der Waals surface area contributed by atoms with Gasteiger partial charge in [-0.05, 0) is 35.8 Å². The smallest absolute Gasteiger partial charge is 0.270 e. The van der Waals surface area contributed by atoms with E-state index in [0.29, 0.717) is 18.5 Å². The predicted molar refractivity (Wildman–Crippen MR) is 85.2 cm³/mol. The molecular formula is C17H15FN2O3. The van der Waals surface area contributed by atoms with Crippen molar-refractivity contribution in [2.24, 2.45) is 0 Å². The summed E-state index contributed by atoms with van der Waals surface area (Å²) in [6, 6.07) is 12.1. The Labute approximate surface area is 132 Å². The Balaban J connectivity index is 1.83. The number of carbonyl (C=O) groups excluding carboxylic acids is 1. The van der Waals surface area contributed by atoms with Crippen LogP contribution in [0.4, 0.5) is 10.1 Å². The molecule has 5 nitrogen and oxygen atoms in total. The number of nitrogens with one attached hydrogen (secondary N) is 1.